The standard InChI is InChI=1S/C17H24ClFN2/c1-2-8-21-10-13-6-7-14(21)11-20(9-13)12-15-16(18)4-3-5-17(15)19/h3-5,13-14H,2,6-12H2,1H3/t13-,14+/m1/s1. The first-order chi connectivity index (χ1) is 10.2. The Morgan fingerprint density at radius 1 is 1.24 bits per heavy atom. The summed E-state index contributed by atoms with van der Waals surface area (Å²) >= 11 is 6.18. The Morgan fingerprint density at radius 3 is 2.86 bits per heavy atom. The Balaban J connectivity index is 1.73. The lowest BCUT2D eigenvalue weighted by Gasteiger charge is -2.35. The van der Waals surface area contributed by atoms with Crippen LogP contribution in [0.25, 0.3) is 0 Å². The maximum atomic E-state index is 14.0. The molecule has 4 heteroatoms. The fourth-order valence-corrected chi connectivity index (χ4v) is 4.10. The highest BCUT2D eigenvalue weighted by Crippen LogP contribution is 2.30. The smallest absolute Gasteiger partial charge is 0.129 e. The second-order valence-electron chi connectivity index (χ2n) is 6.49. The van der Waals surface area contributed by atoms with E-state index in [2.05, 4.69) is 16.7 Å². The molecule has 0 amide bonds. The molecular weight excluding hydrogens is 287 g/mol. The van der Waals surface area contributed by atoms with Gasteiger partial charge < -0.3 is 0 Å². The molecule has 1 aromatic carbocycles. The first-order valence-corrected chi connectivity index (χ1v) is 8.44. The van der Waals surface area contributed by atoms with Crippen molar-refractivity contribution in [2.45, 2.75) is 38.8 Å². The van der Waals surface area contributed by atoms with Crippen LogP contribution >= 0.6 is 11.6 Å². The van der Waals surface area contributed by atoms with Crippen molar-refractivity contribution < 1.29 is 4.39 Å². The van der Waals surface area contributed by atoms with E-state index in [0.29, 0.717) is 23.2 Å². The van der Waals surface area contributed by atoms with Crippen LogP contribution in [0.15, 0.2) is 18.2 Å². The van der Waals surface area contributed by atoms with Gasteiger partial charge >= 0.3 is 0 Å². The SMILES string of the molecule is CCCN1C[C@@H]2CC[C@H]1CN(Cc1c(F)cccc1Cl)C2. The van der Waals surface area contributed by atoms with Crippen LogP contribution in [0, 0.1) is 11.7 Å². The van der Waals surface area contributed by atoms with Gasteiger partial charge in [-0.1, -0.05) is 24.6 Å². The van der Waals surface area contributed by atoms with Crippen molar-refractivity contribution >= 4 is 11.6 Å². The van der Waals surface area contributed by atoms with Crippen molar-refractivity contribution in [3.8, 4) is 0 Å². The molecule has 3 fully saturated rings. The van der Waals surface area contributed by atoms with Crippen LogP contribution in [0.5, 0.6) is 0 Å². The molecule has 3 saturated heterocycles. The third kappa shape index (κ3) is 3.41. The highest BCUT2D eigenvalue weighted by molar-refractivity contribution is 6.31. The minimum absolute atomic E-state index is 0.176. The topological polar surface area (TPSA) is 6.48 Å². The molecule has 3 aliphatic heterocycles. The number of halogens is 2. The fourth-order valence-electron chi connectivity index (χ4n) is 3.87. The highest BCUT2D eigenvalue weighted by atomic mass is 35.5. The van der Waals surface area contributed by atoms with Gasteiger partial charge in [-0.3, -0.25) is 9.80 Å². The molecule has 4 rings (SSSR count). The number of benzene rings is 1. The Hall–Kier alpha value is -0.640. The van der Waals surface area contributed by atoms with Crippen LogP contribution in [0.4, 0.5) is 4.39 Å². The molecule has 0 aliphatic carbocycles. The highest BCUT2D eigenvalue weighted by Gasteiger charge is 2.34. The summed E-state index contributed by atoms with van der Waals surface area (Å²) in [4.78, 5) is 5.04. The average molecular weight is 311 g/mol. The zero-order valence-corrected chi connectivity index (χ0v) is 13.4. The second kappa shape index (κ2) is 6.64. The summed E-state index contributed by atoms with van der Waals surface area (Å²) < 4.78 is 14.0. The molecule has 0 spiro atoms. The van der Waals surface area contributed by atoms with Gasteiger partial charge in [0, 0.05) is 42.8 Å². The maximum absolute atomic E-state index is 14.0. The van der Waals surface area contributed by atoms with E-state index >= 15 is 0 Å². The van der Waals surface area contributed by atoms with Gasteiger partial charge in [0.05, 0.1) is 0 Å². The van der Waals surface area contributed by atoms with Gasteiger partial charge in [0.15, 0.2) is 0 Å². The Bertz CT molecular complexity index is 473. The minimum Gasteiger partial charge on any atom is -0.299 e. The zero-order valence-electron chi connectivity index (χ0n) is 12.7. The van der Waals surface area contributed by atoms with Crippen LogP contribution < -0.4 is 0 Å². The van der Waals surface area contributed by atoms with Crippen LogP contribution in [0.1, 0.15) is 31.7 Å². The monoisotopic (exact) mass is 310 g/mol. The molecule has 0 saturated carbocycles. The molecule has 1 aromatic rings. The molecule has 0 aromatic heterocycles. The van der Waals surface area contributed by atoms with Crippen molar-refractivity contribution in [2.24, 2.45) is 5.92 Å². The number of hydrogen-bond acceptors (Lipinski definition) is 2. The third-order valence-electron chi connectivity index (χ3n) is 4.86. The summed E-state index contributed by atoms with van der Waals surface area (Å²) in [6, 6.07) is 5.61. The van der Waals surface area contributed by atoms with E-state index in [9.17, 15) is 4.39 Å². The third-order valence-corrected chi connectivity index (χ3v) is 5.21. The van der Waals surface area contributed by atoms with Crippen LogP contribution in [0.2, 0.25) is 5.02 Å². The van der Waals surface area contributed by atoms with E-state index in [1.54, 1.807) is 12.1 Å². The predicted molar refractivity (Wildman–Crippen MR) is 85.1 cm³/mol. The Kier molecular flexibility index (Phi) is 4.82. The Morgan fingerprint density at radius 2 is 2.10 bits per heavy atom. The van der Waals surface area contributed by atoms with Crippen molar-refractivity contribution in [1.82, 2.24) is 9.80 Å². The molecule has 0 radical (unpaired) electrons. The van der Waals surface area contributed by atoms with Gasteiger partial charge in [-0.05, 0) is 43.9 Å². The Labute approximate surface area is 131 Å². The first-order valence-electron chi connectivity index (χ1n) is 8.06. The summed E-state index contributed by atoms with van der Waals surface area (Å²) in [7, 11) is 0. The lowest BCUT2D eigenvalue weighted by atomic mass is 9.95. The normalized spacial score (nSPS) is 27.0. The largest absolute Gasteiger partial charge is 0.299 e. The molecule has 2 bridgehead atoms. The minimum atomic E-state index is -0.176. The van der Waals surface area contributed by atoms with E-state index in [4.69, 9.17) is 11.6 Å². The molecule has 3 heterocycles. The van der Waals surface area contributed by atoms with Gasteiger partial charge in [-0.2, -0.15) is 0 Å². The average Bonchev–Trinajstić information content (AvgIpc) is 2.74. The summed E-state index contributed by atoms with van der Waals surface area (Å²) in [5, 5.41) is 0.553. The number of piperidine rings is 1. The number of rotatable bonds is 4. The number of nitrogens with zero attached hydrogens (tertiary/aromatic N) is 2. The summed E-state index contributed by atoms with van der Waals surface area (Å²) in [5.74, 6) is 0.547. The van der Waals surface area contributed by atoms with Crippen molar-refractivity contribution in [2.75, 3.05) is 26.2 Å². The van der Waals surface area contributed by atoms with Gasteiger partial charge in [-0.25, -0.2) is 4.39 Å². The second-order valence-corrected chi connectivity index (χ2v) is 6.89. The molecule has 0 N–H and O–H groups in total. The van der Waals surface area contributed by atoms with Crippen LogP contribution in [0.3, 0.4) is 0 Å². The van der Waals surface area contributed by atoms with Gasteiger partial charge in [0.1, 0.15) is 5.82 Å². The molecule has 21 heavy (non-hydrogen) atoms. The van der Waals surface area contributed by atoms with Gasteiger partial charge in [-0.15, -0.1) is 0 Å². The lowest BCUT2D eigenvalue weighted by molar-refractivity contribution is 0.131. The molecule has 3 aliphatic rings. The fraction of sp³-hybridized carbons (Fsp3) is 0.647. The van der Waals surface area contributed by atoms with E-state index < -0.39 is 0 Å². The van der Waals surface area contributed by atoms with E-state index in [0.717, 1.165) is 19.0 Å². The molecule has 2 nitrogen and oxygen atoms in total. The molecule has 2 atom stereocenters. The van der Waals surface area contributed by atoms with Crippen LogP contribution in [-0.2, 0) is 6.54 Å². The van der Waals surface area contributed by atoms with Crippen molar-refractivity contribution in [1.29, 1.82) is 0 Å². The summed E-state index contributed by atoms with van der Waals surface area (Å²) in [5.41, 5.74) is 0.655. The quantitative estimate of drug-likeness (QED) is 0.835. The number of hydrogen-bond donors (Lipinski definition) is 0. The predicted octanol–water partition coefficient (Wildman–Crippen LogP) is 3.79. The van der Waals surface area contributed by atoms with Crippen molar-refractivity contribution in [3.63, 3.8) is 0 Å². The van der Waals surface area contributed by atoms with E-state index in [1.807, 2.05) is 0 Å². The maximum Gasteiger partial charge on any atom is 0.129 e. The summed E-state index contributed by atoms with van der Waals surface area (Å²) in [6.45, 7) is 7.39. The van der Waals surface area contributed by atoms with E-state index in [-0.39, 0.29) is 5.82 Å². The van der Waals surface area contributed by atoms with E-state index in [1.165, 1.54) is 38.4 Å². The van der Waals surface area contributed by atoms with Gasteiger partial charge in [0.25, 0.3) is 0 Å². The number of fused-ring (bicyclic) bond motifs is 4. The van der Waals surface area contributed by atoms with Gasteiger partial charge in [0.2, 0.25) is 0 Å². The molecule has 116 valence electrons. The summed E-state index contributed by atoms with van der Waals surface area (Å²) in [6.07, 6.45) is 3.81. The molecule has 0 unspecified atom stereocenters. The lowest BCUT2D eigenvalue weighted by Crippen LogP contribution is -2.44. The zero-order chi connectivity index (χ0) is 14.8. The van der Waals surface area contributed by atoms with Crippen LogP contribution in [-0.4, -0.2) is 42.0 Å². The molecular formula is C17H24ClFN2. The first kappa shape index (κ1) is 15.3. The van der Waals surface area contributed by atoms with Crippen molar-refractivity contribution in [3.05, 3.63) is 34.6 Å².